The fourth-order valence-corrected chi connectivity index (χ4v) is 4.80. The second kappa shape index (κ2) is 5.17. The molecule has 0 bridgehead atoms. The Morgan fingerprint density at radius 1 is 1.00 bits per heavy atom. The van der Waals surface area contributed by atoms with Crippen molar-refractivity contribution >= 4 is 10.0 Å². The van der Waals surface area contributed by atoms with E-state index in [0.717, 1.165) is 49.4 Å². The third-order valence-electron chi connectivity index (χ3n) is 4.40. The van der Waals surface area contributed by atoms with Gasteiger partial charge < -0.3 is 4.57 Å². The van der Waals surface area contributed by atoms with Gasteiger partial charge in [0.25, 0.3) is 0 Å². The van der Waals surface area contributed by atoms with Crippen molar-refractivity contribution in [2.24, 2.45) is 0 Å². The number of rotatable bonds is 3. The summed E-state index contributed by atoms with van der Waals surface area (Å²) in [4.78, 5) is 0.349. The van der Waals surface area contributed by atoms with Crippen LogP contribution in [-0.4, -0.2) is 40.6 Å². The highest BCUT2D eigenvalue weighted by molar-refractivity contribution is 7.89. The number of hydrogen-bond acceptors (Lipinski definition) is 4. The molecule has 0 amide bonds. The van der Waals surface area contributed by atoms with E-state index in [1.165, 1.54) is 0 Å². The molecule has 1 aromatic carbocycles. The van der Waals surface area contributed by atoms with Gasteiger partial charge in [-0.2, -0.15) is 4.31 Å². The summed E-state index contributed by atoms with van der Waals surface area (Å²) in [5.74, 6) is 1.76. The van der Waals surface area contributed by atoms with Crippen LogP contribution in [0.15, 0.2) is 29.2 Å². The van der Waals surface area contributed by atoms with Gasteiger partial charge in [0.05, 0.1) is 4.90 Å². The molecule has 1 aromatic heterocycles. The highest BCUT2D eigenvalue weighted by Crippen LogP contribution is 2.27. The van der Waals surface area contributed by atoms with Gasteiger partial charge in [-0.1, -0.05) is 12.1 Å². The molecule has 4 rings (SSSR count). The zero-order valence-electron chi connectivity index (χ0n) is 12.3. The molecule has 0 unspecified atom stereocenters. The number of benzene rings is 1. The van der Waals surface area contributed by atoms with Gasteiger partial charge in [-0.05, 0) is 31.4 Å². The summed E-state index contributed by atoms with van der Waals surface area (Å²) < 4.78 is 29.0. The maximum absolute atomic E-state index is 12.7. The molecular weight excluding hydrogens is 300 g/mol. The van der Waals surface area contributed by atoms with Crippen LogP contribution in [0.2, 0.25) is 0 Å². The third kappa shape index (κ3) is 2.16. The summed E-state index contributed by atoms with van der Waals surface area (Å²) in [6.45, 7) is 2.14. The molecule has 1 saturated heterocycles. The van der Waals surface area contributed by atoms with Crippen LogP contribution in [0.5, 0.6) is 0 Å². The van der Waals surface area contributed by atoms with Crippen molar-refractivity contribution in [1.29, 1.82) is 0 Å². The summed E-state index contributed by atoms with van der Waals surface area (Å²) in [6, 6.07) is 7.08. The molecule has 0 aliphatic carbocycles. The highest BCUT2D eigenvalue weighted by Gasteiger charge is 2.28. The third-order valence-corrected chi connectivity index (χ3v) is 6.30. The SMILES string of the molecule is O=S(=O)(c1cccc(-c2nnc3n2CCC3)c1)N1CCCC1. The number of hydrogen-bond donors (Lipinski definition) is 0. The van der Waals surface area contributed by atoms with Gasteiger partial charge in [-0.25, -0.2) is 8.42 Å². The molecule has 22 heavy (non-hydrogen) atoms. The Bertz CT molecular complexity index is 807. The summed E-state index contributed by atoms with van der Waals surface area (Å²) in [5.41, 5.74) is 0.820. The summed E-state index contributed by atoms with van der Waals surface area (Å²) >= 11 is 0. The topological polar surface area (TPSA) is 68.1 Å². The minimum Gasteiger partial charge on any atom is -0.311 e. The van der Waals surface area contributed by atoms with Gasteiger partial charge in [0.1, 0.15) is 5.82 Å². The first-order valence-corrected chi connectivity index (χ1v) is 9.13. The van der Waals surface area contributed by atoms with E-state index in [1.807, 2.05) is 6.07 Å². The lowest BCUT2D eigenvalue weighted by Gasteiger charge is -2.16. The maximum Gasteiger partial charge on any atom is 0.243 e. The number of sulfonamides is 1. The number of aromatic nitrogens is 3. The normalized spacial score (nSPS) is 18.7. The molecule has 0 radical (unpaired) electrons. The summed E-state index contributed by atoms with van der Waals surface area (Å²) in [7, 11) is -3.39. The molecule has 2 aromatic rings. The van der Waals surface area contributed by atoms with E-state index in [2.05, 4.69) is 14.8 Å². The lowest BCUT2D eigenvalue weighted by molar-refractivity contribution is 0.477. The van der Waals surface area contributed by atoms with Crippen molar-refractivity contribution in [3.63, 3.8) is 0 Å². The number of nitrogens with zero attached hydrogens (tertiary/aromatic N) is 4. The van der Waals surface area contributed by atoms with Gasteiger partial charge in [0.15, 0.2) is 5.82 Å². The zero-order chi connectivity index (χ0) is 15.2. The monoisotopic (exact) mass is 318 g/mol. The van der Waals surface area contributed by atoms with Crippen LogP contribution in [0, 0.1) is 0 Å². The fourth-order valence-electron chi connectivity index (χ4n) is 3.24. The van der Waals surface area contributed by atoms with Crippen LogP contribution in [0.25, 0.3) is 11.4 Å². The Balaban J connectivity index is 1.74. The van der Waals surface area contributed by atoms with E-state index in [0.29, 0.717) is 18.0 Å². The lowest BCUT2D eigenvalue weighted by Crippen LogP contribution is -2.27. The van der Waals surface area contributed by atoms with Gasteiger partial charge in [-0.15, -0.1) is 10.2 Å². The minimum absolute atomic E-state index is 0.349. The van der Waals surface area contributed by atoms with E-state index in [-0.39, 0.29) is 0 Å². The Kier molecular flexibility index (Phi) is 3.27. The van der Waals surface area contributed by atoms with E-state index < -0.39 is 10.0 Å². The summed E-state index contributed by atoms with van der Waals surface area (Å²) in [6.07, 6.45) is 3.90. The highest BCUT2D eigenvalue weighted by atomic mass is 32.2. The van der Waals surface area contributed by atoms with Crippen LogP contribution in [0.4, 0.5) is 0 Å². The molecule has 0 atom stereocenters. The van der Waals surface area contributed by atoms with E-state index in [1.54, 1.807) is 22.5 Å². The first kappa shape index (κ1) is 13.9. The fraction of sp³-hybridized carbons (Fsp3) is 0.467. The average Bonchev–Trinajstić information content (AvgIpc) is 3.24. The van der Waals surface area contributed by atoms with Crippen molar-refractivity contribution in [2.45, 2.75) is 37.1 Å². The van der Waals surface area contributed by atoms with Crippen molar-refractivity contribution < 1.29 is 8.42 Å². The molecule has 2 aliphatic heterocycles. The lowest BCUT2D eigenvalue weighted by atomic mass is 10.2. The molecule has 3 heterocycles. The molecule has 0 saturated carbocycles. The largest absolute Gasteiger partial charge is 0.311 e. The van der Waals surface area contributed by atoms with Crippen molar-refractivity contribution in [2.75, 3.05) is 13.1 Å². The van der Waals surface area contributed by atoms with E-state index in [4.69, 9.17) is 0 Å². The minimum atomic E-state index is -3.39. The molecule has 7 heteroatoms. The van der Waals surface area contributed by atoms with Crippen molar-refractivity contribution in [3.05, 3.63) is 30.1 Å². The first-order chi connectivity index (χ1) is 10.7. The quantitative estimate of drug-likeness (QED) is 0.863. The van der Waals surface area contributed by atoms with E-state index >= 15 is 0 Å². The molecular formula is C15H18N4O2S. The molecule has 0 spiro atoms. The Hall–Kier alpha value is -1.73. The van der Waals surface area contributed by atoms with Gasteiger partial charge in [-0.3, -0.25) is 0 Å². The van der Waals surface area contributed by atoms with Crippen LogP contribution >= 0.6 is 0 Å². The Morgan fingerprint density at radius 2 is 1.82 bits per heavy atom. The molecule has 2 aliphatic rings. The van der Waals surface area contributed by atoms with Crippen LogP contribution < -0.4 is 0 Å². The Morgan fingerprint density at radius 3 is 2.64 bits per heavy atom. The molecule has 116 valence electrons. The predicted molar refractivity (Wildman–Crippen MR) is 81.8 cm³/mol. The van der Waals surface area contributed by atoms with Gasteiger partial charge in [0.2, 0.25) is 10.0 Å². The van der Waals surface area contributed by atoms with Crippen LogP contribution in [0.1, 0.15) is 25.1 Å². The van der Waals surface area contributed by atoms with Gasteiger partial charge >= 0.3 is 0 Å². The summed E-state index contributed by atoms with van der Waals surface area (Å²) in [5, 5.41) is 8.43. The molecule has 1 fully saturated rings. The van der Waals surface area contributed by atoms with Crippen LogP contribution in [-0.2, 0) is 23.0 Å². The van der Waals surface area contributed by atoms with Crippen LogP contribution in [0.3, 0.4) is 0 Å². The second-order valence-electron chi connectivity index (χ2n) is 5.83. The zero-order valence-corrected chi connectivity index (χ0v) is 13.1. The van der Waals surface area contributed by atoms with Crippen molar-refractivity contribution in [3.8, 4) is 11.4 Å². The van der Waals surface area contributed by atoms with E-state index in [9.17, 15) is 8.42 Å². The second-order valence-corrected chi connectivity index (χ2v) is 7.77. The predicted octanol–water partition coefficient (Wildman–Crippen LogP) is 1.68. The Labute approximate surface area is 129 Å². The average molecular weight is 318 g/mol. The number of fused-ring (bicyclic) bond motifs is 1. The van der Waals surface area contributed by atoms with Crippen molar-refractivity contribution in [1.82, 2.24) is 19.1 Å². The van der Waals surface area contributed by atoms with Gasteiger partial charge in [0, 0.05) is 31.6 Å². The number of aryl methyl sites for hydroxylation is 1. The first-order valence-electron chi connectivity index (χ1n) is 7.69. The molecule has 6 nitrogen and oxygen atoms in total. The smallest absolute Gasteiger partial charge is 0.243 e. The standard InChI is InChI=1S/C15H18N4O2S/c20-22(21,18-8-1-2-9-18)13-6-3-5-12(11-13)15-17-16-14-7-4-10-19(14)15/h3,5-6,11H,1-2,4,7-10H2. The molecule has 0 N–H and O–H groups in total. The maximum atomic E-state index is 12.7.